The molecule has 0 bridgehead atoms. The molecule has 150 valence electrons. The molecule has 0 atom stereocenters. The Morgan fingerprint density at radius 2 is 1.61 bits per heavy atom. The van der Waals surface area contributed by atoms with E-state index in [-0.39, 0.29) is 18.4 Å². The SMILES string of the molecule is CCCN(CCC)C(=O)c1cccc(NC(=O)COc2ccc(OC)cc2)c1. The Balaban J connectivity index is 1.95. The predicted octanol–water partition coefficient (Wildman–Crippen LogP) is 3.97. The van der Waals surface area contributed by atoms with E-state index in [0.29, 0.717) is 17.0 Å². The standard InChI is InChI=1S/C22H28N2O4/c1-4-13-24(14-5-2)22(26)17-7-6-8-18(15-17)23-21(25)16-28-20-11-9-19(27-3)10-12-20/h6-12,15H,4-5,13-14,16H2,1-3H3,(H,23,25). The van der Waals surface area contributed by atoms with E-state index in [1.165, 1.54) is 0 Å². The third kappa shape index (κ3) is 6.30. The Morgan fingerprint density at radius 3 is 2.21 bits per heavy atom. The van der Waals surface area contributed by atoms with Crippen molar-refractivity contribution in [1.82, 2.24) is 4.90 Å². The van der Waals surface area contributed by atoms with E-state index >= 15 is 0 Å². The topological polar surface area (TPSA) is 67.9 Å². The molecular formula is C22H28N2O4. The van der Waals surface area contributed by atoms with E-state index in [4.69, 9.17) is 9.47 Å². The second kappa shape index (κ2) is 11.0. The Bertz CT molecular complexity index is 768. The highest BCUT2D eigenvalue weighted by Crippen LogP contribution is 2.17. The molecule has 0 aliphatic rings. The summed E-state index contributed by atoms with van der Waals surface area (Å²) < 4.78 is 10.6. The average molecular weight is 384 g/mol. The number of ether oxygens (including phenoxy) is 2. The first-order chi connectivity index (χ1) is 13.6. The van der Waals surface area contributed by atoms with Crippen molar-refractivity contribution in [2.45, 2.75) is 26.7 Å². The molecule has 6 nitrogen and oxygen atoms in total. The van der Waals surface area contributed by atoms with Gasteiger partial charge in [0.1, 0.15) is 11.5 Å². The molecule has 1 N–H and O–H groups in total. The number of rotatable bonds is 10. The van der Waals surface area contributed by atoms with Gasteiger partial charge >= 0.3 is 0 Å². The number of anilines is 1. The summed E-state index contributed by atoms with van der Waals surface area (Å²) in [5.74, 6) is 0.988. The summed E-state index contributed by atoms with van der Waals surface area (Å²) in [5, 5.41) is 2.77. The lowest BCUT2D eigenvalue weighted by atomic mass is 10.1. The number of nitrogens with one attached hydrogen (secondary N) is 1. The number of methoxy groups -OCH3 is 1. The molecule has 0 fully saturated rings. The molecule has 2 aromatic carbocycles. The number of hydrogen-bond acceptors (Lipinski definition) is 4. The quantitative estimate of drug-likeness (QED) is 0.673. The van der Waals surface area contributed by atoms with E-state index in [1.54, 1.807) is 55.6 Å². The zero-order valence-electron chi connectivity index (χ0n) is 16.7. The van der Waals surface area contributed by atoms with Crippen molar-refractivity contribution >= 4 is 17.5 Å². The van der Waals surface area contributed by atoms with Gasteiger partial charge in [-0.25, -0.2) is 0 Å². The first-order valence-corrected chi connectivity index (χ1v) is 9.53. The highest BCUT2D eigenvalue weighted by atomic mass is 16.5. The van der Waals surface area contributed by atoms with Gasteiger partial charge in [-0.1, -0.05) is 19.9 Å². The van der Waals surface area contributed by atoms with E-state index in [0.717, 1.165) is 31.7 Å². The predicted molar refractivity (Wildman–Crippen MR) is 110 cm³/mol. The smallest absolute Gasteiger partial charge is 0.262 e. The Labute approximate surface area is 166 Å². The Kier molecular flexibility index (Phi) is 8.34. The largest absolute Gasteiger partial charge is 0.497 e. The van der Waals surface area contributed by atoms with Crippen molar-refractivity contribution in [3.63, 3.8) is 0 Å². The minimum absolute atomic E-state index is 0.0192. The fraction of sp³-hybridized carbons (Fsp3) is 0.364. The fourth-order valence-corrected chi connectivity index (χ4v) is 2.79. The van der Waals surface area contributed by atoms with Crippen LogP contribution in [0.4, 0.5) is 5.69 Å². The van der Waals surface area contributed by atoms with Crippen molar-refractivity contribution in [3.05, 3.63) is 54.1 Å². The molecule has 0 saturated heterocycles. The molecule has 2 rings (SSSR count). The normalized spacial score (nSPS) is 10.2. The fourth-order valence-electron chi connectivity index (χ4n) is 2.79. The van der Waals surface area contributed by atoms with Gasteiger partial charge < -0.3 is 19.7 Å². The summed E-state index contributed by atoms with van der Waals surface area (Å²) in [5.41, 5.74) is 1.14. The van der Waals surface area contributed by atoms with Crippen LogP contribution in [-0.2, 0) is 4.79 Å². The van der Waals surface area contributed by atoms with Crippen LogP contribution in [0.2, 0.25) is 0 Å². The molecule has 0 spiro atoms. The average Bonchev–Trinajstić information content (AvgIpc) is 2.72. The van der Waals surface area contributed by atoms with Crippen molar-refractivity contribution in [2.75, 3.05) is 32.1 Å². The molecule has 0 heterocycles. The van der Waals surface area contributed by atoms with Crippen LogP contribution >= 0.6 is 0 Å². The zero-order chi connectivity index (χ0) is 20.4. The van der Waals surface area contributed by atoms with Crippen LogP contribution in [-0.4, -0.2) is 43.5 Å². The first-order valence-electron chi connectivity index (χ1n) is 9.53. The summed E-state index contributed by atoms with van der Waals surface area (Å²) in [7, 11) is 1.59. The summed E-state index contributed by atoms with van der Waals surface area (Å²) in [4.78, 5) is 26.7. The molecule has 2 aromatic rings. The highest BCUT2D eigenvalue weighted by Gasteiger charge is 2.15. The molecule has 0 radical (unpaired) electrons. The van der Waals surface area contributed by atoms with Crippen LogP contribution in [0, 0.1) is 0 Å². The number of amides is 2. The van der Waals surface area contributed by atoms with Gasteiger partial charge in [-0.05, 0) is 55.3 Å². The number of carbonyl (C=O) groups excluding carboxylic acids is 2. The third-order valence-electron chi connectivity index (χ3n) is 4.10. The van der Waals surface area contributed by atoms with Crippen LogP contribution in [0.5, 0.6) is 11.5 Å². The van der Waals surface area contributed by atoms with Crippen LogP contribution in [0.3, 0.4) is 0 Å². The molecule has 0 saturated carbocycles. The van der Waals surface area contributed by atoms with Crippen LogP contribution < -0.4 is 14.8 Å². The van der Waals surface area contributed by atoms with Gasteiger partial charge in [-0.3, -0.25) is 9.59 Å². The van der Waals surface area contributed by atoms with Gasteiger partial charge in [0, 0.05) is 24.3 Å². The number of nitrogens with zero attached hydrogens (tertiary/aromatic N) is 1. The summed E-state index contributed by atoms with van der Waals surface area (Å²) in [6, 6.07) is 14.0. The third-order valence-corrected chi connectivity index (χ3v) is 4.10. The van der Waals surface area contributed by atoms with Gasteiger partial charge in [0.25, 0.3) is 11.8 Å². The molecule has 0 aromatic heterocycles. The summed E-state index contributed by atoms with van der Waals surface area (Å²) in [6.45, 7) is 5.42. The number of benzene rings is 2. The van der Waals surface area contributed by atoms with Crippen LogP contribution in [0.15, 0.2) is 48.5 Å². The maximum absolute atomic E-state index is 12.7. The molecule has 6 heteroatoms. The maximum Gasteiger partial charge on any atom is 0.262 e. The lowest BCUT2D eigenvalue weighted by Gasteiger charge is -2.21. The minimum atomic E-state index is -0.292. The first kappa shape index (κ1) is 21.3. The Morgan fingerprint density at radius 1 is 0.964 bits per heavy atom. The van der Waals surface area contributed by atoms with Crippen LogP contribution in [0.1, 0.15) is 37.0 Å². The van der Waals surface area contributed by atoms with Gasteiger partial charge in [0.05, 0.1) is 7.11 Å². The summed E-state index contributed by atoms with van der Waals surface area (Å²) in [6.07, 6.45) is 1.82. The van der Waals surface area contributed by atoms with Crippen molar-refractivity contribution in [1.29, 1.82) is 0 Å². The number of carbonyl (C=O) groups is 2. The lowest BCUT2D eigenvalue weighted by Crippen LogP contribution is -2.32. The molecule has 0 unspecified atom stereocenters. The second-order valence-corrected chi connectivity index (χ2v) is 6.39. The second-order valence-electron chi connectivity index (χ2n) is 6.39. The van der Waals surface area contributed by atoms with E-state index in [1.807, 2.05) is 4.90 Å². The monoisotopic (exact) mass is 384 g/mol. The van der Waals surface area contributed by atoms with E-state index < -0.39 is 0 Å². The van der Waals surface area contributed by atoms with E-state index in [9.17, 15) is 9.59 Å². The van der Waals surface area contributed by atoms with E-state index in [2.05, 4.69) is 19.2 Å². The maximum atomic E-state index is 12.7. The highest BCUT2D eigenvalue weighted by molar-refractivity contribution is 5.97. The van der Waals surface area contributed by atoms with Crippen molar-refractivity contribution in [3.8, 4) is 11.5 Å². The lowest BCUT2D eigenvalue weighted by molar-refractivity contribution is -0.118. The van der Waals surface area contributed by atoms with Crippen molar-refractivity contribution < 1.29 is 19.1 Å². The number of hydrogen-bond donors (Lipinski definition) is 1. The molecule has 2 amide bonds. The molecule has 0 aliphatic heterocycles. The Hall–Kier alpha value is -3.02. The van der Waals surface area contributed by atoms with Gasteiger partial charge in [0.15, 0.2) is 6.61 Å². The molecule has 0 aliphatic carbocycles. The molecule has 28 heavy (non-hydrogen) atoms. The van der Waals surface area contributed by atoms with Gasteiger partial charge in [-0.2, -0.15) is 0 Å². The van der Waals surface area contributed by atoms with Crippen molar-refractivity contribution in [2.24, 2.45) is 0 Å². The van der Waals surface area contributed by atoms with Gasteiger partial charge in [0.2, 0.25) is 0 Å². The van der Waals surface area contributed by atoms with Crippen LogP contribution in [0.25, 0.3) is 0 Å². The molecular weight excluding hydrogens is 356 g/mol. The minimum Gasteiger partial charge on any atom is -0.497 e. The van der Waals surface area contributed by atoms with Gasteiger partial charge in [-0.15, -0.1) is 0 Å². The zero-order valence-corrected chi connectivity index (χ0v) is 16.7. The summed E-state index contributed by atoms with van der Waals surface area (Å²) >= 11 is 0.